The Kier molecular flexibility index (Phi) is 7.55. The van der Waals surface area contributed by atoms with E-state index in [4.69, 9.17) is 4.74 Å². The van der Waals surface area contributed by atoms with E-state index in [0.29, 0.717) is 12.5 Å². The number of ether oxygens (including phenoxy) is 1. The van der Waals surface area contributed by atoms with Gasteiger partial charge in [0.25, 0.3) is 5.91 Å². The Balaban J connectivity index is 1.22. The first kappa shape index (κ1) is 23.3. The highest BCUT2D eigenvalue weighted by Crippen LogP contribution is 2.39. The first-order valence-corrected chi connectivity index (χ1v) is 12.8. The molecule has 32 heavy (non-hydrogen) atoms. The molecule has 0 aromatic heterocycles. The van der Waals surface area contributed by atoms with Gasteiger partial charge in [0.1, 0.15) is 0 Å². The molecule has 0 radical (unpaired) electrons. The van der Waals surface area contributed by atoms with E-state index in [1.165, 1.54) is 24.8 Å². The lowest BCUT2D eigenvalue weighted by atomic mass is 9.88. The second kappa shape index (κ2) is 10.4. The van der Waals surface area contributed by atoms with E-state index < -0.39 is 0 Å². The Morgan fingerprint density at radius 1 is 1.03 bits per heavy atom. The van der Waals surface area contributed by atoms with Crippen LogP contribution in [0.3, 0.4) is 0 Å². The zero-order chi connectivity index (χ0) is 22.6. The number of nitrogens with zero attached hydrogens (tertiary/aromatic N) is 1. The normalized spacial score (nSPS) is 23.6. The number of nitrogens with one attached hydrogen (secondary N) is 1. The van der Waals surface area contributed by atoms with E-state index >= 15 is 0 Å². The molecule has 1 aromatic carbocycles. The van der Waals surface area contributed by atoms with Crippen molar-refractivity contribution in [2.75, 3.05) is 19.6 Å². The number of amides is 2. The van der Waals surface area contributed by atoms with Gasteiger partial charge in [-0.2, -0.15) is 0 Å². The molecule has 2 heterocycles. The summed E-state index contributed by atoms with van der Waals surface area (Å²) in [7, 11) is 0. The van der Waals surface area contributed by atoms with E-state index in [2.05, 4.69) is 31.3 Å². The number of benzene rings is 1. The Bertz CT molecular complexity index is 775. The van der Waals surface area contributed by atoms with E-state index in [1.807, 2.05) is 17.0 Å². The van der Waals surface area contributed by atoms with Crippen LogP contribution < -0.4 is 5.32 Å². The average molecular weight is 441 g/mol. The number of hydrogen-bond donors (Lipinski definition) is 1. The van der Waals surface area contributed by atoms with Crippen molar-refractivity contribution >= 4 is 11.8 Å². The topological polar surface area (TPSA) is 58.6 Å². The third kappa shape index (κ3) is 5.72. The van der Waals surface area contributed by atoms with Crippen LogP contribution in [0.5, 0.6) is 0 Å². The summed E-state index contributed by atoms with van der Waals surface area (Å²) in [4.78, 5) is 27.4. The van der Waals surface area contributed by atoms with Crippen molar-refractivity contribution in [3.63, 3.8) is 0 Å². The van der Waals surface area contributed by atoms with Gasteiger partial charge in [0, 0.05) is 31.1 Å². The molecule has 2 amide bonds. The van der Waals surface area contributed by atoms with Crippen LogP contribution in [-0.2, 0) is 16.0 Å². The van der Waals surface area contributed by atoms with Gasteiger partial charge in [-0.1, -0.05) is 45.2 Å². The second-order valence-corrected chi connectivity index (χ2v) is 10.6. The summed E-state index contributed by atoms with van der Waals surface area (Å²) in [5.41, 5.74) is 1.96. The number of hydrogen-bond acceptors (Lipinski definition) is 3. The van der Waals surface area contributed by atoms with Crippen molar-refractivity contribution in [2.24, 2.45) is 11.8 Å². The van der Waals surface area contributed by atoms with E-state index in [-0.39, 0.29) is 29.4 Å². The van der Waals surface area contributed by atoms with Crippen LogP contribution in [0, 0.1) is 11.8 Å². The predicted molar refractivity (Wildman–Crippen MR) is 127 cm³/mol. The largest absolute Gasteiger partial charge is 0.370 e. The van der Waals surface area contributed by atoms with Gasteiger partial charge in [0.2, 0.25) is 5.91 Å². The molecule has 3 aliphatic rings. The van der Waals surface area contributed by atoms with Gasteiger partial charge in [-0.05, 0) is 68.6 Å². The van der Waals surface area contributed by atoms with Crippen molar-refractivity contribution in [1.82, 2.24) is 10.2 Å². The Morgan fingerprint density at radius 2 is 1.72 bits per heavy atom. The highest BCUT2D eigenvalue weighted by atomic mass is 16.5. The minimum atomic E-state index is -0.113. The summed E-state index contributed by atoms with van der Waals surface area (Å²) in [6.07, 6.45) is 10.6. The molecule has 1 aromatic rings. The van der Waals surface area contributed by atoms with Crippen molar-refractivity contribution < 1.29 is 14.3 Å². The Hall–Kier alpha value is -1.88. The predicted octanol–water partition coefficient (Wildman–Crippen LogP) is 4.74. The molecule has 5 nitrogen and oxygen atoms in total. The van der Waals surface area contributed by atoms with Gasteiger partial charge < -0.3 is 15.0 Å². The summed E-state index contributed by atoms with van der Waals surface area (Å²) in [6, 6.07) is 8.12. The van der Waals surface area contributed by atoms with Crippen molar-refractivity contribution in [2.45, 2.75) is 89.8 Å². The molecule has 1 N–H and O–H groups in total. The summed E-state index contributed by atoms with van der Waals surface area (Å²) >= 11 is 0. The van der Waals surface area contributed by atoms with Crippen molar-refractivity contribution in [1.29, 1.82) is 0 Å². The zero-order valence-electron chi connectivity index (χ0n) is 19.9. The maximum atomic E-state index is 13.0. The van der Waals surface area contributed by atoms with Crippen molar-refractivity contribution in [3.05, 3.63) is 35.4 Å². The molecule has 1 aliphatic carbocycles. The van der Waals surface area contributed by atoms with Gasteiger partial charge in [0.15, 0.2) is 0 Å². The molecule has 0 bridgehead atoms. The third-order valence-electron chi connectivity index (χ3n) is 7.63. The van der Waals surface area contributed by atoms with Crippen LogP contribution in [0.15, 0.2) is 24.3 Å². The molecule has 1 spiro atoms. The molecule has 1 atom stereocenters. The molecule has 2 saturated heterocycles. The molecule has 176 valence electrons. The van der Waals surface area contributed by atoms with Gasteiger partial charge in [-0.25, -0.2) is 0 Å². The Morgan fingerprint density at radius 3 is 2.38 bits per heavy atom. The first-order chi connectivity index (χ1) is 15.4. The number of piperidine rings is 1. The van der Waals surface area contributed by atoms with E-state index in [9.17, 15) is 9.59 Å². The van der Waals surface area contributed by atoms with Gasteiger partial charge in [-0.3, -0.25) is 9.59 Å². The van der Waals surface area contributed by atoms with Crippen LogP contribution >= 0.6 is 0 Å². The van der Waals surface area contributed by atoms with Crippen molar-refractivity contribution in [3.8, 4) is 0 Å². The third-order valence-corrected chi connectivity index (χ3v) is 7.63. The lowest BCUT2D eigenvalue weighted by Gasteiger charge is -2.39. The monoisotopic (exact) mass is 440 g/mol. The standard InChI is InChI=1S/C27H40N2O3/c1-20(2)18-21-8-10-23(11-9-21)26(31)29-16-14-27(15-17-29)13-12-24(32-27)19-28-25(30)22-6-4-3-5-7-22/h8-11,20,22,24H,3-7,12-19H2,1-2H3,(H,28,30)/t24-/m0/s1. The quantitative estimate of drug-likeness (QED) is 0.695. The molecule has 2 aliphatic heterocycles. The molecular formula is C27H40N2O3. The van der Waals surface area contributed by atoms with Gasteiger partial charge in [-0.15, -0.1) is 0 Å². The second-order valence-electron chi connectivity index (χ2n) is 10.6. The molecular weight excluding hydrogens is 400 g/mol. The maximum Gasteiger partial charge on any atom is 0.253 e. The maximum absolute atomic E-state index is 13.0. The molecule has 1 saturated carbocycles. The van der Waals surface area contributed by atoms with Crippen LogP contribution in [0.2, 0.25) is 0 Å². The van der Waals surface area contributed by atoms with Crippen LogP contribution in [0.1, 0.15) is 87.6 Å². The first-order valence-electron chi connectivity index (χ1n) is 12.8. The summed E-state index contributed by atoms with van der Waals surface area (Å²) in [5, 5.41) is 3.15. The highest BCUT2D eigenvalue weighted by molar-refractivity contribution is 5.94. The van der Waals surface area contributed by atoms with Gasteiger partial charge >= 0.3 is 0 Å². The van der Waals surface area contributed by atoms with Crippen LogP contribution in [0.4, 0.5) is 0 Å². The van der Waals surface area contributed by atoms with E-state index in [1.54, 1.807) is 0 Å². The van der Waals surface area contributed by atoms with Crippen LogP contribution in [0.25, 0.3) is 0 Å². The average Bonchev–Trinajstić information content (AvgIpc) is 3.20. The summed E-state index contributed by atoms with van der Waals surface area (Å²) in [5.74, 6) is 1.16. The lowest BCUT2D eigenvalue weighted by molar-refractivity contribution is -0.127. The zero-order valence-corrected chi connectivity index (χ0v) is 19.9. The van der Waals surface area contributed by atoms with Gasteiger partial charge in [0.05, 0.1) is 11.7 Å². The fraction of sp³-hybridized carbons (Fsp3) is 0.704. The lowest BCUT2D eigenvalue weighted by Crippen LogP contribution is -2.47. The minimum absolute atomic E-state index is 0.110. The summed E-state index contributed by atoms with van der Waals surface area (Å²) < 4.78 is 6.46. The van der Waals surface area contributed by atoms with Crippen LogP contribution in [-0.4, -0.2) is 48.1 Å². The molecule has 4 rings (SSSR count). The minimum Gasteiger partial charge on any atom is -0.370 e. The number of carbonyl (C=O) groups is 2. The fourth-order valence-corrected chi connectivity index (χ4v) is 5.69. The number of rotatable bonds is 6. The summed E-state index contributed by atoms with van der Waals surface area (Å²) in [6.45, 7) is 6.54. The smallest absolute Gasteiger partial charge is 0.253 e. The van der Waals surface area contributed by atoms with E-state index in [0.717, 1.165) is 63.6 Å². The molecule has 0 unspecified atom stereocenters. The molecule has 3 fully saturated rings. The SMILES string of the molecule is CC(C)Cc1ccc(C(=O)N2CCC3(CC[C@@H](CNC(=O)C4CCCCC4)O3)CC2)cc1. The Labute approximate surface area is 193 Å². The number of carbonyl (C=O) groups excluding carboxylic acids is 2. The molecule has 5 heteroatoms. The number of likely N-dealkylation sites (tertiary alicyclic amines) is 1. The fourth-order valence-electron chi connectivity index (χ4n) is 5.69. The highest BCUT2D eigenvalue weighted by Gasteiger charge is 2.43.